The molecule has 1 aliphatic heterocycles. The lowest BCUT2D eigenvalue weighted by molar-refractivity contribution is -0.384. The molecule has 2 aromatic rings. The highest BCUT2D eigenvalue weighted by Crippen LogP contribution is 2.39. The number of halogens is 2. The smallest absolute Gasteiger partial charge is 0.272 e. The predicted octanol–water partition coefficient (Wildman–Crippen LogP) is 4.63. The van der Waals surface area contributed by atoms with E-state index in [4.69, 9.17) is 23.2 Å². The summed E-state index contributed by atoms with van der Waals surface area (Å²) in [5.41, 5.74) is 0.193. The summed E-state index contributed by atoms with van der Waals surface area (Å²) in [4.78, 5) is 50.4. The Bertz CT molecular complexity index is 1100. The van der Waals surface area contributed by atoms with Crippen LogP contribution < -0.4 is 0 Å². The fraction of sp³-hybridized carbons (Fsp3) is 0.318. The van der Waals surface area contributed by atoms with E-state index in [9.17, 15) is 24.5 Å². The van der Waals surface area contributed by atoms with E-state index < -0.39 is 34.5 Å². The van der Waals surface area contributed by atoms with Crippen LogP contribution in [0.15, 0.2) is 42.5 Å². The van der Waals surface area contributed by atoms with Gasteiger partial charge >= 0.3 is 0 Å². The van der Waals surface area contributed by atoms with Crippen molar-refractivity contribution in [3.8, 4) is 0 Å². The number of amides is 3. The van der Waals surface area contributed by atoms with Crippen molar-refractivity contribution < 1.29 is 19.3 Å². The molecule has 0 N–H and O–H groups in total. The lowest BCUT2D eigenvalue weighted by atomic mass is 9.81. The Morgan fingerprint density at radius 3 is 2.31 bits per heavy atom. The first kappa shape index (κ1) is 22.2. The number of imide groups is 1. The van der Waals surface area contributed by atoms with Gasteiger partial charge in [0.2, 0.25) is 0 Å². The van der Waals surface area contributed by atoms with Gasteiger partial charge in [-0.15, -0.1) is 0 Å². The Hall–Kier alpha value is -2.97. The monoisotopic (exact) mass is 475 g/mol. The first-order valence-electron chi connectivity index (χ1n) is 10.2. The van der Waals surface area contributed by atoms with Gasteiger partial charge in [-0.3, -0.25) is 24.5 Å². The van der Waals surface area contributed by atoms with E-state index in [0.717, 1.165) is 28.9 Å². The van der Waals surface area contributed by atoms with Crippen LogP contribution in [0.4, 0.5) is 5.69 Å². The molecule has 2 fully saturated rings. The molecule has 8 nitrogen and oxygen atoms in total. The highest BCUT2D eigenvalue weighted by atomic mass is 35.5. The molecule has 0 radical (unpaired) electrons. The lowest BCUT2D eigenvalue weighted by Crippen LogP contribution is -2.49. The summed E-state index contributed by atoms with van der Waals surface area (Å²) >= 11 is 12.3. The van der Waals surface area contributed by atoms with Crippen molar-refractivity contribution >= 4 is 46.6 Å². The average Bonchev–Trinajstić information content (AvgIpc) is 3.03. The molecular formula is C22H19Cl2N3O5. The Balaban J connectivity index is 1.75. The van der Waals surface area contributed by atoms with Crippen molar-refractivity contribution in [1.82, 2.24) is 10.0 Å². The van der Waals surface area contributed by atoms with E-state index in [1.807, 2.05) is 0 Å². The number of hydrazine groups is 1. The van der Waals surface area contributed by atoms with Gasteiger partial charge in [-0.05, 0) is 36.6 Å². The number of hydrogen-bond acceptors (Lipinski definition) is 5. The molecule has 2 aliphatic rings. The third-order valence-electron chi connectivity index (χ3n) is 5.93. The molecule has 2 aromatic carbocycles. The van der Waals surface area contributed by atoms with Crippen LogP contribution in [0.1, 0.15) is 41.6 Å². The van der Waals surface area contributed by atoms with Gasteiger partial charge in [-0.2, -0.15) is 5.01 Å². The van der Waals surface area contributed by atoms with Gasteiger partial charge in [0.1, 0.15) is 0 Å². The van der Waals surface area contributed by atoms with Crippen LogP contribution in [-0.4, -0.2) is 32.7 Å². The zero-order valence-corrected chi connectivity index (χ0v) is 18.4. The van der Waals surface area contributed by atoms with E-state index in [1.165, 1.54) is 24.3 Å². The summed E-state index contributed by atoms with van der Waals surface area (Å²) in [6.45, 7) is -0.172. The summed E-state index contributed by atoms with van der Waals surface area (Å²) < 4.78 is 0. The number of carbonyl (C=O) groups is 3. The van der Waals surface area contributed by atoms with Crippen LogP contribution in [0.2, 0.25) is 10.0 Å². The molecule has 4 rings (SSSR count). The highest BCUT2D eigenvalue weighted by Gasteiger charge is 2.51. The van der Waals surface area contributed by atoms with Crippen molar-refractivity contribution in [2.24, 2.45) is 11.8 Å². The number of carbonyl (C=O) groups excluding carboxylic acids is 3. The molecule has 1 saturated heterocycles. The van der Waals surface area contributed by atoms with Crippen molar-refractivity contribution in [3.05, 3.63) is 73.8 Å². The maximum atomic E-state index is 13.5. The maximum absolute atomic E-state index is 13.5. The van der Waals surface area contributed by atoms with Gasteiger partial charge in [0.15, 0.2) is 0 Å². The van der Waals surface area contributed by atoms with E-state index in [1.54, 1.807) is 12.1 Å². The molecule has 0 bridgehead atoms. The predicted molar refractivity (Wildman–Crippen MR) is 117 cm³/mol. The summed E-state index contributed by atoms with van der Waals surface area (Å²) in [6, 6.07) is 9.87. The second kappa shape index (κ2) is 8.88. The van der Waals surface area contributed by atoms with E-state index >= 15 is 0 Å². The summed E-state index contributed by atoms with van der Waals surface area (Å²) in [7, 11) is 0. The van der Waals surface area contributed by atoms with Gasteiger partial charge < -0.3 is 0 Å². The Labute approximate surface area is 193 Å². The number of nitrogens with zero attached hydrogens (tertiary/aromatic N) is 3. The first-order valence-corrected chi connectivity index (χ1v) is 10.9. The average molecular weight is 476 g/mol. The Morgan fingerprint density at radius 2 is 1.72 bits per heavy atom. The summed E-state index contributed by atoms with van der Waals surface area (Å²) in [5, 5.41) is 13.8. The fourth-order valence-electron chi connectivity index (χ4n) is 4.33. The van der Waals surface area contributed by atoms with Crippen molar-refractivity contribution in [2.45, 2.75) is 32.2 Å². The second-order valence-corrected chi connectivity index (χ2v) is 8.74. The van der Waals surface area contributed by atoms with E-state index in [2.05, 4.69) is 0 Å². The minimum atomic E-state index is -0.708. The molecule has 0 aromatic heterocycles. The third-order valence-corrected chi connectivity index (χ3v) is 6.52. The van der Waals surface area contributed by atoms with Crippen molar-refractivity contribution in [3.63, 3.8) is 0 Å². The van der Waals surface area contributed by atoms with Gasteiger partial charge in [-0.25, -0.2) is 5.01 Å². The second-order valence-electron chi connectivity index (χ2n) is 7.89. The van der Waals surface area contributed by atoms with E-state index in [-0.39, 0.29) is 22.8 Å². The minimum absolute atomic E-state index is 0.0141. The fourth-order valence-corrected chi connectivity index (χ4v) is 4.80. The molecule has 32 heavy (non-hydrogen) atoms. The SMILES string of the molecule is O=C(c1cccc([N+](=O)[O-])c1)N(Cc1ccc(Cl)cc1Cl)N1C(=O)[C@H]2CCCC[C@@H]2C1=O. The van der Waals surface area contributed by atoms with Crippen LogP contribution in [0, 0.1) is 22.0 Å². The van der Waals surface area contributed by atoms with Crippen LogP contribution in [0.5, 0.6) is 0 Å². The largest absolute Gasteiger partial charge is 0.273 e. The van der Waals surface area contributed by atoms with Crippen molar-refractivity contribution in [2.75, 3.05) is 0 Å². The zero-order chi connectivity index (χ0) is 23.0. The first-order chi connectivity index (χ1) is 15.3. The molecule has 10 heteroatoms. The van der Waals surface area contributed by atoms with Crippen LogP contribution in [0.25, 0.3) is 0 Å². The maximum Gasteiger partial charge on any atom is 0.273 e. The molecule has 2 atom stereocenters. The third kappa shape index (κ3) is 4.08. The molecule has 0 spiro atoms. The molecular weight excluding hydrogens is 457 g/mol. The van der Waals surface area contributed by atoms with Gasteiger partial charge in [0, 0.05) is 27.7 Å². The number of non-ortho nitro benzene ring substituents is 1. The van der Waals surface area contributed by atoms with Crippen LogP contribution >= 0.6 is 23.2 Å². The normalized spacial score (nSPS) is 20.2. The molecule has 3 amide bonds. The molecule has 1 heterocycles. The number of rotatable bonds is 5. The Kier molecular flexibility index (Phi) is 6.17. The zero-order valence-electron chi connectivity index (χ0n) is 16.9. The molecule has 1 aliphatic carbocycles. The summed E-state index contributed by atoms with van der Waals surface area (Å²) in [5.74, 6) is -2.48. The number of nitro benzene ring substituents is 1. The number of benzene rings is 2. The van der Waals surface area contributed by atoms with Crippen LogP contribution in [-0.2, 0) is 16.1 Å². The standard InChI is InChI=1S/C22H19Cl2N3O5/c23-15-9-8-14(19(24)11-15)12-25(20(28)13-4-3-5-16(10-13)27(31)32)26-21(29)17-6-1-2-7-18(17)22(26)30/h3-5,8-11,17-18H,1-2,6-7,12H2/t17-,18-/m0/s1. The topological polar surface area (TPSA) is 101 Å². The van der Waals surface area contributed by atoms with Crippen molar-refractivity contribution in [1.29, 1.82) is 0 Å². The Morgan fingerprint density at radius 1 is 1.06 bits per heavy atom. The van der Waals surface area contributed by atoms with Crippen LogP contribution in [0.3, 0.4) is 0 Å². The van der Waals surface area contributed by atoms with E-state index in [0.29, 0.717) is 23.4 Å². The minimum Gasteiger partial charge on any atom is -0.272 e. The molecule has 1 saturated carbocycles. The quantitative estimate of drug-likeness (QED) is 0.356. The number of hydrogen-bond donors (Lipinski definition) is 0. The van der Waals surface area contributed by atoms with Gasteiger partial charge in [0.25, 0.3) is 23.4 Å². The highest BCUT2D eigenvalue weighted by molar-refractivity contribution is 6.35. The summed E-state index contributed by atoms with van der Waals surface area (Å²) in [6.07, 6.45) is 2.87. The molecule has 0 unspecified atom stereocenters. The lowest BCUT2D eigenvalue weighted by Gasteiger charge is -2.31. The molecule has 166 valence electrons. The van der Waals surface area contributed by atoms with Gasteiger partial charge in [0.05, 0.1) is 23.3 Å². The number of fused-ring (bicyclic) bond motifs is 1. The van der Waals surface area contributed by atoms with Gasteiger partial charge in [-0.1, -0.05) is 48.2 Å². The number of nitro groups is 1.